The molecule has 2 aliphatic heterocycles. The highest BCUT2D eigenvalue weighted by atomic mass is 35.5. The van der Waals surface area contributed by atoms with Crippen molar-refractivity contribution in [1.82, 2.24) is 19.5 Å². The molecule has 0 bridgehead atoms. The summed E-state index contributed by atoms with van der Waals surface area (Å²) >= 11 is 6.50. The molecule has 0 N–H and O–H groups in total. The number of fused-ring (bicyclic) bond motifs is 3. The van der Waals surface area contributed by atoms with Gasteiger partial charge in [-0.25, -0.2) is 19.3 Å². The number of rotatable bonds is 3. The first-order chi connectivity index (χ1) is 15.7. The zero-order valence-electron chi connectivity index (χ0n) is 17.3. The van der Waals surface area contributed by atoms with Gasteiger partial charge in [-0.15, -0.1) is 0 Å². The van der Waals surface area contributed by atoms with Crippen LogP contribution in [-0.2, 0) is 11.2 Å². The van der Waals surface area contributed by atoms with E-state index in [9.17, 15) is 0 Å². The van der Waals surface area contributed by atoms with Crippen molar-refractivity contribution in [2.45, 2.75) is 18.9 Å². The molecule has 0 amide bonds. The van der Waals surface area contributed by atoms with Gasteiger partial charge in [0.2, 0.25) is 5.95 Å². The van der Waals surface area contributed by atoms with E-state index in [4.69, 9.17) is 21.3 Å². The number of hydrogen-bond acceptors (Lipinski definition) is 5. The van der Waals surface area contributed by atoms with Gasteiger partial charge in [-0.05, 0) is 24.1 Å². The molecule has 6 nitrogen and oxygen atoms in total. The Morgan fingerprint density at radius 1 is 1.06 bits per heavy atom. The normalized spacial score (nSPS) is 18.3. The number of aryl methyl sites for hydroxylation is 1. The molecule has 4 heterocycles. The zero-order valence-corrected chi connectivity index (χ0v) is 18.1. The Bertz CT molecular complexity index is 1300. The maximum Gasteiger partial charge on any atom is 0.225 e. The van der Waals surface area contributed by atoms with Crippen LogP contribution in [0.1, 0.15) is 23.9 Å². The molecule has 1 fully saturated rings. The van der Waals surface area contributed by atoms with Crippen LogP contribution in [0.25, 0.3) is 22.2 Å². The third-order valence-electron chi connectivity index (χ3n) is 6.31. The predicted molar refractivity (Wildman–Crippen MR) is 122 cm³/mol. The number of hydrogen-bond donors (Lipinski definition) is 0. The number of halogens is 2. The van der Waals surface area contributed by atoms with Crippen LogP contribution in [0.3, 0.4) is 0 Å². The summed E-state index contributed by atoms with van der Waals surface area (Å²) in [6.07, 6.45) is 5.13. The summed E-state index contributed by atoms with van der Waals surface area (Å²) < 4.78 is 22.6. The molecule has 2 aromatic heterocycles. The Labute approximate surface area is 189 Å². The quantitative estimate of drug-likeness (QED) is 0.455. The first-order valence-electron chi connectivity index (χ1n) is 10.8. The maximum absolute atomic E-state index is 15.1. The SMILES string of the molecule is Fc1cc2nc3n(c2cc1-c1cnc(N2CCOCC2)nc1)C(c1ccccc1Cl)CC3. The number of imidazole rings is 1. The number of nitrogens with zero attached hydrogens (tertiary/aromatic N) is 5. The third-order valence-corrected chi connectivity index (χ3v) is 6.66. The van der Waals surface area contributed by atoms with Gasteiger partial charge in [-0.2, -0.15) is 0 Å². The molecular weight excluding hydrogens is 429 g/mol. The van der Waals surface area contributed by atoms with Crippen LogP contribution in [-0.4, -0.2) is 45.8 Å². The van der Waals surface area contributed by atoms with Crippen molar-refractivity contribution in [3.63, 3.8) is 0 Å². The zero-order chi connectivity index (χ0) is 21.7. The van der Waals surface area contributed by atoms with E-state index in [0.717, 1.165) is 47.9 Å². The monoisotopic (exact) mass is 449 g/mol. The summed E-state index contributed by atoms with van der Waals surface area (Å²) in [5, 5.41) is 0.738. The van der Waals surface area contributed by atoms with Gasteiger partial charge in [0.15, 0.2) is 0 Å². The van der Waals surface area contributed by atoms with Gasteiger partial charge in [0, 0.05) is 54.1 Å². The lowest BCUT2D eigenvalue weighted by Crippen LogP contribution is -2.37. The van der Waals surface area contributed by atoms with Crippen LogP contribution in [0.5, 0.6) is 0 Å². The summed E-state index contributed by atoms with van der Waals surface area (Å²) in [4.78, 5) is 15.7. The van der Waals surface area contributed by atoms with Crippen LogP contribution >= 0.6 is 11.6 Å². The molecule has 6 rings (SSSR count). The molecule has 2 aromatic carbocycles. The van der Waals surface area contributed by atoms with Gasteiger partial charge in [0.25, 0.3) is 0 Å². The van der Waals surface area contributed by atoms with Crippen LogP contribution in [0.2, 0.25) is 5.02 Å². The molecule has 1 atom stereocenters. The van der Waals surface area contributed by atoms with Crippen molar-refractivity contribution in [3.05, 3.63) is 71.0 Å². The molecule has 162 valence electrons. The van der Waals surface area contributed by atoms with Crippen LogP contribution in [0.4, 0.5) is 10.3 Å². The predicted octanol–water partition coefficient (Wildman–Crippen LogP) is 4.66. The number of aromatic nitrogens is 4. The topological polar surface area (TPSA) is 56.1 Å². The second-order valence-electron chi connectivity index (χ2n) is 8.17. The highest BCUT2D eigenvalue weighted by Crippen LogP contribution is 2.39. The highest BCUT2D eigenvalue weighted by Gasteiger charge is 2.29. The summed E-state index contributed by atoms with van der Waals surface area (Å²) in [6.45, 7) is 2.83. The first-order valence-corrected chi connectivity index (χ1v) is 11.2. The van der Waals surface area contributed by atoms with Gasteiger partial charge >= 0.3 is 0 Å². The van der Waals surface area contributed by atoms with E-state index < -0.39 is 0 Å². The summed E-state index contributed by atoms with van der Waals surface area (Å²) in [5.74, 6) is 1.27. The Hall–Kier alpha value is -3.03. The molecule has 0 radical (unpaired) electrons. The molecule has 1 saturated heterocycles. The van der Waals surface area contributed by atoms with Crippen molar-refractivity contribution in [2.24, 2.45) is 0 Å². The number of benzene rings is 2. The maximum atomic E-state index is 15.1. The fourth-order valence-corrected chi connectivity index (χ4v) is 4.99. The first kappa shape index (κ1) is 19.6. The van der Waals surface area contributed by atoms with E-state index in [1.807, 2.05) is 24.3 Å². The fourth-order valence-electron chi connectivity index (χ4n) is 4.73. The van der Waals surface area contributed by atoms with Crippen molar-refractivity contribution in [3.8, 4) is 11.1 Å². The van der Waals surface area contributed by atoms with Crippen molar-refractivity contribution < 1.29 is 9.13 Å². The van der Waals surface area contributed by atoms with E-state index in [2.05, 4.69) is 25.5 Å². The van der Waals surface area contributed by atoms with Crippen molar-refractivity contribution >= 4 is 28.6 Å². The minimum atomic E-state index is -0.328. The Morgan fingerprint density at radius 3 is 2.62 bits per heavy atom. The average molecular weight is 450 g/mol. The van der Waals surface area contributed by atoms with Gasteiger partial charge in [-0.1, -0.05) is 29.8 Å². The lowest BCUT2D eigenvalue weighted by molar-refractivity contribution is 0.122. The van der Waals surface area contributed by atoms with E-state index >= 15 is 4.39 Å². The van der Waals surface area contributed by atoms with Gasteiger partial charge in [0.1, 0.15) is 11.6 Å². The molecule has 2 aliphatic rings. The van der Waals surface area contributed by atoms with E-state index in [0.29, 0.717) is 35.8 Å². The second-order valence-corrected chi connectivity index (χ2v) is 8.57. The lowest BCUT2D eigenvalue weighted by Gasteiger charge is -2.26. The third kappa shape index (κ3) is 3.24. The Balaban J connectivity index is 1.41. The van der Waals surface area contributed by atoms with Crippen LogP contribution in [0, 0.1) is 5.82 Å². The molecule has 0 saturated carbocycles. The largest absolute Gasteiger partial charge is 0.378 e. The van der Waals surface area contributed by atoms with Crippen molar-refractivity contribution in [2.75, 3.05) is 31.2 Å². The molecule has 1 unspecified atom stereocenters. The highest BCUT2D eigenvalue weighted by molar-refractivity contribution is 6.31. The Morgan fingerprint density at radius 2 is 1.84 bits per heavy atom. The van der Waals surface area contributed by atoms with Gasteiger partial charge in [-0.3, -0.25) is 0 Å². The van der Waals surface area contributed by atoms with Gasteiger partial charge in [0.05, 0.1) is 30.3 Å². The number of morpholine rings is 1. The van der Waals surface area contributed by atoms with Crippen LogP contribution < -0.4 is 4.90 Å². The van der Waals surface area contributed by atoms with E-state index in [-0.39, 0.29) is 11.9 Å². The summed E-state index contributed by atoms with van der Waals surface area (Å²) in [6, 6.07) is 11.3. The van der Waals surface area contributed by atoms with E-state index in [1.54, 1.807) is 12.4 Å². The average Bonchev–Trinajstić information content (AvgIpc) is 3.39. The lowest BCUT2D eigenvalue weighted by atomic mass is 10.0. The molecule has 4 aromatic rings. The van der Waals surface area contributed by atoms with Gasteiger partial charge < -0.3 is 14.2 Å². The molecule has 0 spiro atoms. The molecule has 0 aliphatic carbocycles. The van der Waals surface area contributed by atoms with Crippen LogP contribution in [0.15, 0.2) is 48.8 Å². The van der Waals surface area contributed by atoms with E-state index in [1.165, 1.54) is 6.07 Å². The fraction of sp³-hybridized carbons (Fsp3) is 0.292. The standard InChI is InChI=1S/C24H21ClFN5O/c25-18-4-2-1-3-16(18)21-5-6-23-29-20-12-19(26)17(11-22(20)31(21)23)15-13-27-24(28-14-15)30-7-9-32-10-8-30/h1-4,11-14,21H,5-10H2. The number of anilines is 1. The molecule has 8 heteroatoms. The van der Waals surface area contributed by atoms with Crippen molar-refractivity contribution in [1.29, 1.82) is 0 Å². The smallest absolute Gasteiger partial charge is 0.225 e. The summed E-state index contributed by atoms with van der Waals surface area (Å²) in [5.41, 5.74) is 3.74. The minimum absolute atomic E-state index is 0.0851. The second kappa shape index (κ2) is 7.83. The Kier molecular flexibility index (Phi) is 4.81. The minimum Gasteiger partial charge on any atom is -0.378 e. The molecular formula is C24H21ClFN5O. The summed E-state index contributed by atoms with van der Waals surface area (Å²) in [7, 11) is 0. The molecule has 32 heavy (non-hydrogen) atoms. The number of ether oxygens (including phenoxy) is 1.